The molecule has 0 spiro atoms. The van der Waals surface area contributed by atoms with Gasteiger partial charge in [0, 0.05) is 12.4 Å². The van der Waals surface area contributed by atoms with Crippen LogP contribution in [0.4, 0.5) is 4.79 Å². The number of hydrogen-bond acceptors (Lipinski definition) is 6. The molecule has 0 saturated carbocycles. The number of hydrogen-bond donors (Lipinski definition) is 1. The molecule has 84 valence electrons. The van der Waals surface area contributed by atoms with Gasteiger partial charge in [-0.05, 0) is 6.07 Å². The van der Waals surface area contributed by atoms with Crippen molar-refractivity contribution in [2.24, 2.45) is 10.7 Å². The van der Waals surface area contributed by atoms with E-state index in [1.807, 2.05) is 0 Å². The van der Waals surface area contributed by atoms with Gasteiger partial charge in [0.1, 0.15) is 0 Å². The lowest BCUT2D eigenvalue weighted by atomic mass is 10.3. The van der Waals surface area contributed by atoms with Gasteiger partial charge in [0.05, 0.1) is 24.9 Å². The first kappa shape index (κ1) is 10.5. The zero-order chi connectivity index (χ0) is 11.4. The van der Waals surface area contributed by atoms with Crippen molar-refractivity contribution in [3.63, 3.8) is 0 Å². The smallest absolute Gasteiger partial charge is 0.377 e. The van der Waals surface area contributed by atoms with Crippen LogP contribution in [0.1, 0.15) is 5.69 Å². The van der Waals surface area contributed by atoms with E-state index >= 15 is 0 Å². The van der Waals surface area contributed by atoms with E-state index in [0.717, 1.165) is 0 Å². The molecule has 0 atom stereocenters. The summed E-state index contributed by atoms with van der Waals surface area (Å²) in [6, 6.07) is 1.76. The first-order chi connectivity index (χ1) is 7.74. The van der Waals surface area contributed by atoms with Crippen LogP contribution in [0.25, 0.3) is 0 Å². The average Bonchev–Trinajstić information content (AvgIpc) is 2.14. The first-order valence-electron chi connectivity index (χ1n) is 4.65. The van der Waals surface area contributed by atoms with Gasteiger partial charge < -0.3 is 15.2 Å². The van der Waals surface area contributed by atoms with E-state index in [4.69, 9.17) is 10.5 Å². The molecule has 1 aliphatic rings. The van der Waals surface area contributed by atoms with Gasteiger partial charge in [0.2, 0.25) is 0 Å². The molecule has 0 unspecified atom stereocenters. The van der Waals surface area contributed by atoms with Crippen molar-refractivity contribution in [3.8, 4) is 6.01 Å². The molecule has 1 aromatic heterocycles. The maximum absolute atomic E-state index is 10.5. The number of ether oxygens (including phenoxy) is 2. The van der Waals surface area contributed by atoms with E-state index in [0.29, 0.717) is 18.9 Å². The number of amides is 1. The van der Waals surface area contributed by atoms with Crippen LogP contribution in [0.15, 0.2) is 17.3 Å². The largest absolute Gasteiger partial charge is 0.412 e. The lowest BCUT2D eigenvalue weighted by molar-refractivity contribution is 0.0135. The summed E-state index contributed by atoms with van der Waals surface area (Å²) in [6.07, 6.45) is 2.11. The van der Waals surface area contributed by atoms with Gasteiger partial charge in [-0.3, -0.25) is 4.99 Å². The second-order valence-electron chi connectivity index (χ2n) is 3.15. The molecule has 7 heteroatoms. The summed E-state index contributed by atoms with van der Waals surface area (Å²) in [4.78, 5) is 22.3. The fraction of sp³-hybridized carbons (Fsp3) is 0.333. The predicted molar refractivity (Wildman–Crippen MR) is 54.4 cm³/mol. The summed E-state index contributed by atoms with van der Waals surface area (Å²) in [5, 5.41) is 0. The van der Waals surface area contributed by atoms with Gasteiger partial charge in [-0.2, -0.15) is 4.98 Å². The lowest BCUT2D eigenvalue weighted by Crippen LogP contribution is -2.31. The molecule has 1 aromatic rings. The Labute approximate surface area is 91.3 Å². The summed E-state index contributed by atoms with van der Waals surface area (Å²) >= 11 is 0. The minimum Gasteiger partial charge on any atom is -0.377 e. The highest BCUT2D eigenvalue weighted by Crippen LogP contribution is 2.06. The number of nitrogens with zero attached hydrogens (tertiary/aromatic N) is 3. The Bertz CT molecular complexity index is 417. The Morgan fingerprint density at radius 3 is 3.12 bits per heavy atom. The van der Waals surface area contributed by atoms with E-state index in [1.54, 1.807) is 12.3 Å². The maximum atomic E-state index is 10.5. The molecule has 1 fully saturated rings. The van der Waals surface area contributed by atoms with Crippen molar-refractivity contribution in [1.29, 1.82) is 0 Å². The fourth-order valence-corrected chi connectivity index (χ4v) is 1.06. The number of nitrogens with two attached hydrogens (primary N) is 1. The second-order valence-corrected chi connectivity index (χ2v) is 3.15. The van der Waals surface area contributed by atoms with Crippen molar-refractivity contribution >= 4 is 12.3 Å². The molecule has 1 saturated heterocycles. The molecule has 2 rings (SSSR count). The van der Waals surface area contributed by atoms with Gasteiger partial charge in [-0.1, -0.05) is 0 Å². The highest BCUT2D eigenvalue weighted by Gasteiger charge is 2.15. The van der Waals surface area contributed by atoms with E-state index in [2.05, 4.69) is 19.7 Å². The molecule has 0 aromatic carbocycles. The van der Waals surface area contributed by atoms with Crippen LogP contribution in [-0.2, 0) is 4.74 Å². The van der Waals surface area contributed by atoms with Crippen molar-refractivity contribution in [1.82, 2.24) is 9.97 Å². The summed E-state index contributed by atoms with van der Waals surface area (Å²) in [5.41, 5.74) is 5.39. The van der Waals surface area contributed by atoms with Crippen LogP contribution in [0.3, 0.4) is 0 Å². The van der Waals surface area contributed by atoms with Crippen LogP contribution in [0.2, 0.25) is 0 Å². The molecule has 16 heavy (non-hydrogen) atoms. The molecule has 1 amide bonds. The third kappa shape index (κ3) is 2.74. The Balaban J connectivity index is 2.03. The Morgan fingerprint density at radius 2 is 2.50 bits per heavy atom. The molecule has 0 aliphatic carbocycles. The molecular weight excluding hydrogens is 212 g/mol. The van der Waals surface area contributed by atoms with Gasteiger partial charge in [-0.15, -0.1) is 0 Å². The number of carbonyl (C=O) groups is 1. The Hall–Kier alpha value is -2.02. The minimum atomic E-state index is -0.943. The Kier molecular flexibility index (Phi) is 3.06. The summed E-state index contributed by atoms with van der Waals surface area (Å²) in [7, 11) is 0. The molecular formula is C9H10N4O3. The average molecular weight is 222 g/mol. The highest BCUT2D eigenvalue weighted by atomic mass is 16.6. The van der Waals surface area contributed by atoms with E-state index in [9.17, 15) is 4.79 Å². The molecule has 0 radical (unpaired) electrons. The number of carbonyl (C=O) groups excluding carboxylic acids is 1. The highest BCUT2D eigenvalue weighted by molar-refractivity contribution is 5.77. The number of aromatic nitrogens is 2. The van der Waals surface area contributed by atoms with E-state index in [1.165, 1.54) is 6.20 Å². The summed E-state index contributed by atoms with van der Waals surface area (Å²) in [5.74, 6) is 0. The van der Waals surface area contributed by atoms with Crippen LogP contribution in [0, 0.1) is 0 Å². The number of aliphatic imine (C=N–C) groups is 1. The normalized spacial score (nSPS) is 16.0. The monoisotopic (exact) mass is 222 g/mol. The van der Waals surface area contributed by atoms with Gasteiger partial charge in [0.15, 0.2) is 0 Å². The third-order valence-corrected chi connectivity index (χ3v) is 1.88. The number of rotatable bonds is 3. The van der Waals surface area contributed by atoms with Crippen LogP contribution in [-0.4, -0.2) is 41.5 Å². The van der Waals surface area contributed by atoms with Crippen molar-refractivity contribution in [2.45, 2.75) is 6.04 Å². The van der Waals surface area contributed by atoms with Crippen LogP contribution < -0.4 is 10.5 Å². The molecule has 2 N–H and O–H groups in total. The minimum absolute atomic E-state index is 0.0821. The van der Waals surface area contributed by atoms with Gasteiger partial charge in [0.25, 0.3) is 0 Å². The van der Waals surface area contributed by atoms with Crippen LogP contribution >= 0.6 is 0 Å². The summed E-state index contributed by atoms with van der Waals surface area (Å²) in [6.45, 7) is 1.26. The predicted octanol–water partition coefficient (Wildman–Crippen LogP) is -0.248. The first-order valence-corrected chi connectivity index (χ1v) is 4.65. The second kappa shape index (κ2) is 4.67. The van der Waals surface area contributed by atoms with Crippen molar-refractivity contribution in [3.05, 3.63) is 18.0 Å². The van der Waals surface area contributed by atoms with E-state index < -0.39 is 6.09 Å². The zero-order valence-corrected chi connectivity index (χ0v) is 8.37. The molecule has 7 nitrogen and oxygen atoms in total. The standard InChI is InChI=1S/C9H10N4O3/c10-8(14)16-9-11-2-1-6(13-9)3-12-7-4-15-5-7/h1-3,7H,4-5H2,(H2,10,14). The SMILES string of the molecule is NC(=O)Oc1nccc(C=NC2COC2)n1. The number of primary amides is 1. The molecule has 2 heterocycles. The fourth-order valence-electron chi connectivity index (χ4n) is 1.06. The zero-order valence-electron chi connectivity index (χ0n) is 8.37. The van der Waals surface area contributed by atoms with Gasteiger partial charge in [-0.25, -0.2) is 9.78 Å². The topological polar surface area (TPSA) is 99.7 Å². The van der Waals surface area contributed by atoms with Crippen LogP contribution in [0.5, 0.6) is 6.01 Å². The molecule has 1 aliphatic heterocycles. The maximum Gasteiger partial charge on any atom is 0.412 e. The quantitative estimate of drug-likeness (QED) is 0.711. The summed E-state index contributed by atoms with van der Waals surface area (Å²) < 4.78 is 9.50. The van der Waals surface area contributed by atoms with Gasteiger partial charge >= 0.3 is 12.1 Å². The molecule has 0 bridgehead atoms. The van der Waals surface area contributed by atoms with Crippen molar-refractivity contribution < 1.29 is 14.3 Å². The van der Waals surface area contributed by atoms with E-state index in [-0.39, 0.29) is 12.1 Å². The lowest BCUT2D eigenvalue weighted by Gasteiger charge is -2.21. The van der Waals surface area contributed by atoms with Crippen molar-refractivity contribution in [2.75, 3.05) is 13.2 Å². The Morgan fingerprint density at radius 1 is 1.69 bits per heavy atom. The third-order valence-electron chi connectivity index (χ3n) is 1.88.